The number of hydrogen-bond donors (Lipinski definition) is 1. The van der Waals surface area contributed by atoms with Gasteiger partial charge < -0.3 is 10.0 Å². The Hall–Kier alpha value is -2.22. The first-order valence-electron chi connectivity index (χ1n) is 8.65. The molecular formula is C20H20N2O3S2. The monoisotopic (exact) mass is 400 g/mol. The summed E-state index contributed by atoms with van der Waals surface area (Å²) in [7, 11) is -3.19. The van der Waals surface area contributed by atoms with E-state index in [0.29, 0.717) is 11.4 Å². The highest BCUT2D eigenvalue weighted by molar-refractivity contribution is 7.90. The van der Waals surface area contributed by atoms with Crippen molar-refractivity contribution in [2.24, 2.45) is 0 Å². The lowest BCUT2D eigenvalue weighted by Gasteiger charge is -2.18. The summed E-state index contributed by atoms with van der Waals surface area (Å²) in [6.07, 6.45) is 1.21. The number of rotatable bonds is 5. The third kappa shape index (κ3) is 3.63. The van der Waals surface area contributed by atoms with E-state index >= 15 is 0 Å². The highest BCUT2D eigenvalue weighted by Gasteiger charge is 2.28. The van der Waals surface area contributed by atoms with Crippen molar-refractivity contribution in [1.29, 1.82) is 0 Å². The number of para-hydroxylation sites is 1. The predicted octanol–water partition coefficient (Wildman–Crippen LogP) is 3.31. The van der Waals surface area contributed by atoms with Crippen LogP contribution in [-0.2, 0) is 16.4 Å². The first-order chi connectivity index (χ1) is 13.0. The summed E-state index contributed by atoms with van der Waals surface area (Å²) in [6, 6.07) is 15.0. The van der Waals surface area contributed by atoms with Crippen LogP contribution in [0.25, 0.3) is 10.6 Å². The van der Waals surface area contributed by atoms with Gasteiger partial charge in [-0.15, -0.1) is 11.3 Å². The second kappa shape index (κ2) is 7.07. The van der Waals surface area contributed by atoms with Gasteiger partial charge in [0, 0.05) is 35.3 Å². The zero-order chi connectivity index (χ0) is 19.0. The van der Waals surface area contributed by atoms with Crippen molar-refractivity contribution in [2.45, 2.75) is 17.4 Å². The standard InChI is InChI=1S/C20H20N2O3S2/c1-27(24,25)17-8-6-14(7-9-17)20-21-16(13-26-20)11-22-10-15(12-23)18-4-2-3-5-19(18)22/h2-9,13,15,23H,10-12H2,1H3. The summed E-state index contributed by atoms with van der Waals surface area (Å²) in [5, 5.41) is 12.6. The van der Waals surface area contributed by atoms with Crippen molar-refractivity contribution >= 4 is 26.9 Å². The molecule has 1 unspecified atom stereocenters. The zero-order valence-corrected chi connectivity index (χ0v) is 16.5. The minimum absolute atomic E-state index is 0.141. The Kier molecular flexibility index (Phi) is 4.75. The summed E-state index contributed by atoms with van der Waals surface area (Å²) in [6.45, 7) is 1.61. The molecule has 4 rings (SSSR count). The van der Waals surface area contributed by atoms with Crippen molar-refractivity contribution in [1.82, 2.24) is 4.98 Å². The van der Waals surface area contributed by atoms with Crippen LogP contribution in [-0.4, -0.2) is 37.9 Å². The third-order valence-corrected chi connectivity index (χ3v) is 6.88. The largest absolute Gasteiger partial charge is 0.396 e. The van der Waals surface area contributed by atoms with E-state index in [9.17, 15) is 13.5 Å². The molecule has 1 atom stereocenters. The predicted molar refractivity (Wildman–Crippen MR) is 108 cm³/mol. The number of anilines is 1. The van der Waals surface area contributed by atoms with Gasteiger partial charge in [0.2, 0.25) is 0 Å². The fraction of sp³-hybridized carbons (Fsp3) is 0.250. The third-order valence-electron chi connectivity index (χ3n) is 4.81. The van der Waals surface area contributed by atoms with Crippen LogP contribution in [0.3, 0.4) is 0 Å². The van der Waals surface area contributed by atoms with E-state index in [1.165, 1.54) is 11.8 Å². The van der Waals surface area contributed by atoms with Crippen LogP contribution in [0, 0.1) is 0 Å². The van der Waals surface area contributed by atoms with E-state index in [1.807, 2.05) is 17.5 Å². The molecule has 0 bridgehead atoms. The summed E-state index contributed by atoms with van der Waals surface area (Å²) >= 11 is 1.55. The molecule has 0 saturated carbocycles. The number of aromatic nitrogens is 1. The molecule has 5 nitrogen and oxygen atoms in total. The number of hydrogen-bond acceptors (Lipinski definition) is 6. The Morgan fingerprint density at radius 3 is 2.63 bits per heavy atom. The second-order valence-corrected chi connectivity index (χ2v) is 9.63. The number of fused-ring (bicyclic) bond motifs is 1. The van der Waals surface area contributed by atoms with E-state index in [2.05, 4.69) is 17.0 Å². The van der Waals surface area contributed by atoms with E-state index in [1.54, 1.807) is 35.6 Å². The molecule has 1 aliphatic heterocycles. The maximum atomic E-state index is 11.6. The number of aliphatic hydroxyl groups excluding tert-OH is 1. The highest BCUT2D eigenvalue weighted by atomic mass is 32.2. The van der Waals surface area contributed by atoms with Gasteiger partial charge in [0.05, 0.1) is 23.7 Å². The van der Waals surface area contributed by atoms with Crippen molar-refractivity contribution in [3.63, 3.8) is 0 Å². The Morgan fingerprint density at radius 2 is 1.93 bits per heavy atom. The normalized spacial score (nSPS) is 16.5. The van der Waals surface area contributed by atoms with Gasteiger partial charge in [-0.05, 0) is 23.8 Å². The summed E-state index contributed by atoms with van der Waals surface area (Å²) < 4.78 is 23.2. The number of sulfone groups is 1. The van der Waals surface area contributed by atoms with Gasteiger partial charge >= 0.3 is 0 Å². The quantitative estimate of drug-likeness (QED) is 0.712. The van der Waals surface area contributed by atoms with Gasteiger partial charge in [0.15, 0.2) is 9.84 Å². The maximum Gasteiger partial charge on any atom is 0.175 e. The SMILES string of the molecule is CS(=O)(=O)c1ccc(-c2nc(CN3CC(CO)c4ccccc43)cs2)cc1. The topological polar surface area (TPSA) is 70.5 Å². The fourth-order valence-electron chi connectivity index (χ4n) is 3.44. The van der Waals surface area contributed by atoms with Crippen LogP contribution in [0.15, 0.2) is 58.8 Å². The Labute approximate surface area is 162 Å². The lowest BCUT2D eigenvalue weighted by Crippen LogP contribution is -2.22. The Balaban J connectivity index is 1.54. The zero-order valence-electron chi connectivity index (χ0n) is 14.9. The minimum atomic E-state index is -3.19. The molecule has 27 heavy (non-hydrogen) atoms. The van der Waals surface area contributed by atoms with Gasteiger partial charge in [0.1, 0.15) is 5.01 Å². The molecule has 1 aromatic heterocycles. The smallest absolute Gasteiger partial charge is 0.175 e. The average Bonchev–Trinajstić information content (AvgIpc) is 3.27. The molecule has 2 aromatic carbocycles. The molecule has 0 radical (unpaired) electrons. The fourth-order valence-corrected chi connectivity index (χ4v) is 4.89. The van der Waals surface area contributed by atoms with Crippen molar-refractivity contribution in [2.75, 3.05) is 24.3 Å². The molecule has 3 aromatic rings. The lowest BCUT2D eigenvalue weighted by atomic mass is 10.0. The van der Waals surface area contributed by atoms with Crippen LogP contribution < -0.4 is 4.90 Å². The molecule has 7 heteroatoms. The summed E-state index contributed by atoms with van der Waals surface area (Å²) in [4.78, 5) is 7.29. The number of benzene rings is 2. The lowest BCUT2D eigenvalue weighted by molar-refractivity contribution is 0.270. The molecule has 2 heterocycles. The van der Waals surface area contributed by atoms with Gasteiger partial charge in [-0.3, -0.25) is 0 Å². The van der Waals surface area contributed by atoms with Crippen LogP contribution in [0.2, 0.25) is 0 Å². The first kappa shape index (κ1) is 18.2. The highest BCUT2D eigenvalue weighted by Crippen LogP contribution is 2.37. The van der Waals surface area contributed by atoms with Gasteiger partial charge in [-0.2, -0.15) is 0 Å². The molecule has 1 aliphatic rings. The van der Waals surface area contributed by atoms with Crippen molar-refractivity contribution in [3.05, 3.63) is 65.2 Å². The number of aliphatic hydroxyl groups is 1. The maximum absolute atomic E-state index is 11.6. The van der Waals surface area contributed by atoms with E-state index in [-0.39, 0.29) is 12.5 Å². The van der Waals surface area contributed by atoms with Crippen LogP contribution >= 0.6 is 11.3 Å². The minimum Gasteiger partial charge on any atom is -0.396 e. The molecule has 0 fully saturated rings. The summed E-state index contributed by atoms with van der Waals surface area (Å²) in [5.74, 6) is 0.142. The van der Waals surface area contributed by atoms with E-state index in [4.69, 9.17) is 4.98 Å². The van der Waals surface area contributed by atoms with Crippen LogP contribution in [0.1, 0.15) is 17.2 Å². The molecule has 140 valence electrons. The number of thiazole rings is 1. The van der Waals surface area contributed by atoms with Crippen molar-refractivity contribution in [3.8, 4) is 10.6 Å². The molecule has 0 spiro atoms. The van der Waals surface area contributed by atoms with Gasteiger partial charge in [0.25, 0.3) is 0 Å². The van der Waals surface area contributed by atoms with Crippen LogP contribution in [0.5, 0.6) is 0 Å². The van der Waals surface area contributed by atoms with Gasteiger partial charge in [-0.25, -0.2) is 13.4 Å². The average molecular weight is 401 g/mol. The first-order valence-corrected chi connectivity index (χ1v) is 11.4. The van der Waals surface area contributed by atoms with E-state index in [0.717, 1.165) is 28.5 Å². The molecular weight excluding hydrogens is 380 g/mol. The Morgan fingerprint density at radius 1 is 1.19 bits per heavy atom. The molecule has 0 amide bonds. The molecule has 0 aliphatic carbocycles. The summed E-state index contributed by atoms with van der Waals surface area (Å²) in [5.41, 5.74) is 4.22. The van der Waals surface area contributed by atoms with Crippen molar-refractivity contribution < 1.29 is 13.5 Å². The molecule has 0 saturated heterocycles. The van der Waals surface area contributed by atoms with E-state index < -0.39 is 9.84 Å². The van der Waals surface area contributed by atoms with Crippen LogP contribution in [0.4, 0.5) is 5.69 Å². The Bertz CT molecular complexity index is 1060. The molecule has 1 N–H and O–H groups in total. The van der Waals surface area contributed by atoms with Gasteiger partial charge in [-0.1, -0.05) is 30.3 Å². The second-order valence-electron chi connectivity index (χ2n) is 6.76. The number of nitrogens with zero attached hydrogens (tertiary/aromatic N) is 2.